The van der Waals surface area contributed by atoms with Gasteiger partial charge in [0.2, 0.25) is 5.91 Å². The van der Waals surface area contributed by atoms with E-state index in [2.05, 4.69) is 5.32 Å². The van der Waals surface area contributed by atoms with Crippen LogP contribution in [0, 0.1) is 5.92 Å². The van der Waals surface area contributed by atoms with Crippen molar-refractivity contribution in [1.82, 2.24) is 5.32 Å². The predicted octanol–water partition coefficient (Wildman–Crippen LogP) is 2.02. The van der Waals surface area contributed by atoms with E-state index in [9.17, 15) is 9.59 Å². The standard InChI is InChI=1S/C15H21NO3/c1-4-11-7-5-6-8-12(11)9-13(17)16-14(10(2)3)15(18)19/h5-8,10,14H,4,9H2,1-3H3,(H,16,17)(H,18,19). The van der Waals surface area contributed by atoms with Gasteiger partial charge in [0.15, 0.2) is 0 Å². The minimum absolute atomic E-state index is 0.136. The van der Waals surface area contributed by atoms with E-state index in [4.69, 9.17) is 5.11 Å². The second kappa shape index (κ2) is 6.92. The monoisotopic (exact) mass is 263 g/mol. The second-order valence-electron chi connectivity index (χ2n) is 4.93. The molecule has 1 amide bonds. The molecule has 0 bridgehead atoms. The summed E-state index contributed by atoms with van der Waals surface area (Å²) < 4.78 is 0. The third-order valence-electron chi connectivity index (χ3n) is 3.10. The molecule has 0 heterocycles. The highest BCUT2D eigenvalue weighted by Crippen LogP contribution is 2.11. The van der Waals surface area contributed by atoms with Crippen molar-refractivity contribution in [1.29, 1.82) is 0 Å². The molecule has 0 aliphatic rings. The third kappa shape index (κ3) is 4.39. The van der Waals surface area contributed by atoms with Crippen molar-refractivity contribution in [3.8, 4) is 0 Å². The fourth-order valence-electron chi connectivity index (χ4n) is 1.99. The largest absolute Gasteiger partial charge is 0.480 e. The quantitative estimate of drug-likeness (QED) is 0.825. The fourth-order valence-corrected chi connectivity index (χ4v) is 1.99. The summed E-state index contributed by atoms with van der Waals surface area (Å²) in [5.74, 6) is -1.38. The van der Waals surface area contributed by atoms with E-state index < -0.39 is 12.0 Å². The molecule has 0 aliphatic carbocycles. The van der Waals surface area contributed by atoms with Gasteiger partial charge < -0.3 is 10.4 Å². The topological polar surface area (TPSA) is 66.4 Å². The number of aryl methyl sites for hydroxylation is 1. The van der Waals surface area contributed by atoms with Crippen LogP contribution >= 0.6 is 0 Å². The number of carboxylic acid groups (broad SMARTS) is 1. The number of nitrogens with one attached hydrogen (secondary N) is 1. The lowest BCUT2D eigenvalue weighted by atomic mass is 10.0. The summed E-state index contributed by atoms with van der Waals surface area (Å²) in [6.45, 7) is 5.59. The van der Waals surface area contributed by atoms with Crippen molar-refractivity contribution < 1.29 is 14.7 Å². The van der Waals surface area contributed by atoms with Gasteiger partial charge in [0.1, 0.15) is 6.04 Å². The first kappa shape index (κ1) is 15.2. The van der Waals surface area contributed by atoms with Crippen LogP contribution in [0.5, 0.6) is 0 Å². The number of hydrogen-bond donors (Lipinski definition) is 2. The number of carbonyl (C=O) groups is 2. The highest BCUT2D eigenvalue weighted by molar-refractivity contribution is 5.85. The van der Waals surface area contributed by atoms with Crippen LogP contribution in [0.25, 0.3) is 0 Å². The number of carboxylic acids is 1. The zero-order chi connectivity index (χ0) is 14.4. The van der Waals surface area contributed by atoms with Crippen LogP contribution in [0.15, 0.2) is 24.3 Å². The number of aliphatic carboxylic acids is 1. The van der Waals surface area contributed by atoms with Gasteiger partial charge in [-0.1, -0.05) is 45.0 Å². The lowest BCUT2D eigenvalue weighted by Crippen LogP contribution is -2.44. The summed E-state index contributed by atoms with van der Waals surface area (Å²) in [7, 11) is 0. The molecule has 1 aromatic carbocycles. The molecule has 0 aliphatic heterocycles. The Morgan fingerprint density at radius 1 is 1.21 bits per heavy atom. The lowest BCUT2D eigenvalue weighted by molar-refractivity contribution is -0.143. The summed E-state index contributed by atoms with van der Waals surface area (Å²) in [6.07, 6.45) is 1.08. The molecule has 0 saturated heterocycles. The number of amides is 1. The molecule has 0 aromatic heterocycles. The molecule has 1 aromatic rings. The highest BCUT2D eigenvalue weighted by atomic mass is 16.4. The van der Waals surface area contributed by atoms with Gasteiger partial charge in [0.25, 0.3) is 0 Å². The average molecular weight is 263 g/mol. The maximum absolute atomic E-state index is 11.9. The van der Waals surface area contributed by atoms with Gasteiger partial charge in [-0.15, -0.1) is 0 Å². The third-order valence-corrected chi connectivity index (χ3v) is 3.10. The first-order valence-corrected chi connectivity index (χ1v) is 6.54. The van der Waals surface area contributed by atoms with Crippen LogP contribution in [0.1, 0.15) is 31.9 Å². The molecule has 1 unspecified atom stereocenters. The van der Waals surface area contributed by atoms with Crippen LogP contribution in [-0.2, 0) is 22.4 Å². The van der Waals surface area contributed by atoms with Gasteiger partial charge >= 0.3 is 5.97 Å². The highest BCUT2D eigenvalue weighted by Gasteiger charge is 2.23. The van der Waals surface area contributed by atoms with E-state index in [0.29, 0.717) is 0 Å². The zero-order valence-electron chi connectivity index (χ0n) is 11.6. The summed E-state index contributed by atoms with van der Waals surface area (Å²) in [5, 5.41) is 11.6. The Balaban J connectivity index is 2.72. The molecule has 0 fully saturated rings. The molecular weight excluding hydrogens is 242 g/mol. The summed E-state index contributed by atoms with van der Waals surface area (Å²) in [5.41, 5.74) is 2.07. The number of benzene rings is 1. The van der Waals surface area contributed by atoms with Crippen molar-refractivity contribution >= 4 is 11.9 Å². The molecule has 1 rings (SSSR count). The van der Waals surface area contributed by atoms with Gasteiger partial charge in [-0.05, 0) is 23.5 Å². The van der Waals surface area contributed by atoms with Crippen LogP contribution in [0.2, 0.25) is 0 Å². The van der Waals surface area contributed by atoms with Crippen molar-refractivity contribution in [2.75, 3.05) is 0 Å². The summed E-state index contributed by atoms with van der Waals surface area (Å²) >= 11 is 0. The number of carbonyl (C=O) groups excluding carboxylic acids is 1. The molecule has 0 radical (unpaired) electrons. The Morgan fingerprint density at radius 3 is 2.26 bits per heavy atom. The minimum atomic E-state index is -0.993. The van der Waals surface area contributed by atoms with E-state index in [1.54, 1.807) is 13.8 Å². The molecule has 104 valence electrons. The minimum Gasteiger partial charge on any atom is -0.480 e. The van der Waals surface area contributed by atoms with Crippen molar-refractivity contribution in [3.63, 3.8) is 0 Å². The van der Waals surface area contributed by atoms with Crippen molar-refractivity contribution in [2.24, 2.45) is 5.92 Å². The summed E-state index contributed by atoms with van der Waals surface area (Å²) in [4.78, 5) is 23.0. The molecule has 4 heteroatoms. The van der Waals surface area contributed by atoms with Crippen LogP contribution in [0.3, 0.4) is 0 Å². The Kier molecular flexibility index (Phi) is 5.55. The molecule has 19 heavy (non-hydrogen) atoms. The molecule has 1 atom stereocenters. The average Bonchev–Trinajstić information content (AvgIpc) is 2.36. The van der Waals surface area contributed by atoms with E-state index in [-0.39, 0.29) is 18.2 Å². The van der Waals surface area contributed by atoms with Crippen LogP contribution in [-0.4, -0.2) is 23.0 Å². The van der Waals surface area contributed by atoms with E-state index in [1.807, 2.05) is 31.2 Å². The second-order valence-corrected chi connectivity index (χ2v) is 4.93. The van der Waals surface area contributed by atoms with Crippen LogP contribution < -0.4 is 5.32 Å². The molecule has 2 N–H and O–H groups in total. The molecule has 0 spiro atoms. The molecule has 4 nitrogen and oxygen atoms in total. The maximum Gasteiger partial charge on any atom is 0.326 e. The lowest BCUT2D eigenvalue weighted by Gasteiger charge is -2.18. The van der Waals surface area contributed by atoms with Gasteiger partial charge in [-0.2, -0.15) is 0 Å². The van der Waals surface area contributed by atoms with Gasteiger partial charge in [0, 0.05) is 0 Å². The van der Waals surface area contributed by atoms with E-state index >= 15 is 0 Å². The Hall–Kier alpha value is -1.84. The Morgan fingerprint density at radius 2 is 1.79 bits per heavy atom. The van der Waals surface area contributed by atoms with Crippen molar-refractivity contribution in [3.05, 3.63) is 35.4 Å². The molecule has 0 saturated carbocycles. The fraction of sp³-hybridized carbons (Fsp3) is 0.467. The number of hydrogen-bond acceptors (Lipinski definition) is 2. The smallest absolute Gasteiger partial charge is 0.326 e. The number of rotatable bonds is 6. The zero-order valence-corrected chi connectivity index (χ0v) is 11.6. The van der Waals surface area contributed by atoms with Crippen molar-refractivity contribution in [2.45, 2.75) is 39.7 Å². The first-order chi connectivity index (χ1) is 8.95. The summed E-state index contributed by atoms with van der Waals surface area (Å²) in [6, 6.07) is 6.89. The Labute approximate surface area is 113 Å². The van der Waals surface area contributed by atoms with Gasteiger partial charge in [-0.25, -0.2) is 4.79 Å². The Bertz CT molecular complexity index is 454. The van der Waals surface area contributed by atoms with Crippen LogP contribution in [0.4, 0.5) is 0 Å². The SMILES string of the molecule is CCc1ccccc1CC(=O)NC(C(=O)O)C(C)C. The predicted molar refractivity (Wildman–Crippen MR) is 73.9 cm³/mol. The molecular formula is C15H21NO3. The van der Waals surface area contributed by atoms with Gasteiger partial charge in [0.05, 0.1) is 6.42 Å². The van der Waals surface area contributed by atoms with Gasteiger partial charge in [-0.3, -0.25) is 4.79 Å². The first-order valence-electron chi connectivity index (χ1n) is 6.54. The van der Waals surface area contributed by atoms with E-state index in [0.717, 1.165) is 17.5 Å². The van der Waals surface area contributed by atoms with E-state index in [1.165, 1.54) is 0 Å². The normalized spacial score (nSPS) is 12.2. The maximum atomic E-state index is 11.9.